The quantitative estimate of drug-likeness (QED) is 0.541. The van der Waals surface area contributed by atoms with E-state index in [0.717, 1.165) is 18.4 Å². The van der Waals surface area contributed by atoms with Crippen molar-refractivity contribution >= 4 is 35.8 Å². The Labute approximate surface area is 186 Å². The van der Waals surface area contributed by atoms with Crippen molar-refractivity contribution in [2.24, 2.45) is 0 Å². The number of carbonyl (C=O) groups excluding carboxylic acids is 3. The number of piperazine rings is 1. The third-order valence-corrected chi connectivity index (χ3v) is 5.81. The number of likely N-dealkylation sites (N-methyl/N-ethyl adjacent to an activating group) is 1. The van der Waals surface area contributed by atoms with Crippen LogP contribution in [0.4, 0.5) is 0 Å². The van der Waals surface area contributed by atoms with Gasteiger partial charge in [0.2, 0.25) is 17.7 Å². The van der Waals surface area contributed by atoms with Crippen molar-refractivity contribution in [3.8, 4) is 0 Å². The second-order valence-electron chi connectivity index (χ2n) is 7.64. The van der Waals surface area contributed by atoms with Gasteiger partial charge in [0.25, 0.3) is 6.47 Å². The molecule has 3 rings (SSSR count). The summed E-state index contributed by atoms with van der Waals surface area (Å²) >= 11 is 5.96. The first-order chi connectivity index (χ1) is 14.8. The van der Waals surface area contributed by atoms with Crippen molar-refractivity contribution < 1.29 is 24.3 Å². The largest absolute Gasteiger partial charge is 0.483 e. The number of likely N-dealkylation sites (tertiary alicyclic amines) is 1. The average Bonchev–Trinajstić information content (AvgIpc) is 3.06. The van der Waals surface area contributed by atoms with Crippen molar-refractivity contribution in [2.75, 3.05) is 33.2 Å². The molecule has 1 aromatic rings. The van der Waals surface area contributed by atoms with E-state index in [4.69, 9.17) is 21.5 Å². The van der Waals surface area contributed by atoms with Gasteiger partial charge in [-0.1, -0.05) is 23.7 Å². The molecule has 0 spiro atoms. The van der Waals surface area contributed by atoms with Gasteiger partial charge < -0.3 is 20.6 Å². The summed E-state index contributed by atoms with van der Waals surface area (Å²) in [5.41, 5.74) is 0.888. The zero-order chi connectivity index (χ0) is 22.8. The lowest BCUT2D eigenvalue weighted by Crippen LogP contribution is -2.51. The Kier molecular flexibility index (Phi) is 9.74. The Hall–Kier alpha value is -2.65. The Balaban J connectivity index is 0.00000107. The molecule has 2 aliphatic rings. The van der Waals surface area contributed by atoms with Crippen LogP contribution < -0.4 is 10.6 Å². The van der Waals surface area contributed by atoms with E-state index < -0.39 is 0 Å². The molecule has 2 saturated heterocycles. The highest BCUT2D eigenvalue weighted by Crippen LogP contribution is 2.25. The predicted molar refractivity (Wildman–Crippen MR) is 116 cm³/mol. The third-order valence-electron chi connectivity index (χ3n) is 5.57. The molecule has 2 fully saturated rings. The van der Waals surface area contributed by atoms with Crippen molar-refractivity contribution in [2.45, 2.75) is 37.8 Å². The highest BCUT2D eigenvalue weighted by atomic mass is 35.5. The van der Waals surface area contributed by atoms with Crippen LogP contribution in [0.15, 0.2) is 24.3 Å². The van der Waals surface area contributed by atoms with E-state index in [1.807, 2.05) is 19.2 Å². The van der Waals surface area contributed by atoms with E-state index in [-0.39, 0.29) is 42.8 Å². The lowest BCUT2D eigenvalue weighted by atomic mass is 10.1. The number of benzene rings is 1. The zero-order valence-electron chi connectivity index (χ0n) is 17.6. The number of amides is 3. The number of halogens is 1. The molecule has 3 amide bonds. The van der Waals surface area contributed by atoms with Gasteiger partial charge in [-0.05, 0) is 37.6 Å². The SMILES string of the molecule is CN1[C@@H](CC(=O)N2CCNC(=O)C2)CC[C@H]1CNC(=O)Cc1cccc(Cl)c1.O=CO. The summed E-state index contributed by atoms with van der Waals surface area (Å²) in [5, 5.41) is 13.2. The van der Waals surface area contributed by atoms with Gasteiger partial charge in [-0.3, -0.25) is 24.1 Å². The molecule has 0 saturated carbocycles. The first-order valence-electron chi connectivity index (χ1n) is 10.2. The molecular formula is C21H29ClN4O5. The van der Waals surface area contributed by atoms with E-state index in [9.17, 15) is 14.4 Å². The number of hydrogen-bond donors (Lipinski definition) is 3. The molecule has 170 valence electrons. The molecule has 0 unspecified atom stereocenters. The smallest absolute Gasteiger partial charge is 0.290 e. The summed E-state index contributed by atoms with van der Waals surface area (Å²) in [4.78, 5) is 48.3. The first kappa shape index (κ1) is 24.6. The summed E-state index contributed by atoms with van der Waals surface area (Å²) in [6.45, 7) is 1.56. The number of hydrogen-bond acceptors (Lipinski definition) is 5. The monoisotopic (exact) mass is 452 g/mol. The van der Waals surface area contributed by atoms with Gasteiger partial charge in [0.1, 0.15) is 0 Å². The lowest BCUT2D eigenvalue weighted by Gasteiger charge is -2.30. The van der Waals surface area contributed by atoms with Crippen molar-refractivity contribution in [3.05, 3.63) is 34.9 Å². The minimum absolute atomic E-state index is 0.0253. The fourth-order valence-electron chi connectivity index (χ4n) is 3.89. The van der Waals surface area contributed by atoms with E-state index in [0.29, 0.717) is 37.5 Å². The maximum atomic E-state index is 12.5. The normalized spacial score (nSPS) is 21.0. The van der Waals surface area contributed by atoms with Crippen LogP contribution in [0, 0.1) is 0 Å². The van der Waals surface area contributed by atoms with Gasteiger partial charge >= 0.3 is 0 Å². The average molecular weight is 453 g/mol. The van der Waals surface area contributed by atoms with Crippen LogP contribution in [0.2, 0.25) is 5.02 Å². The number of nitrogens with one attached hydrogen (secondary N) is 2. The number of nitrogens with zero attached hydrogens (tertiary/aromatic N) is 2. The van der Waals surface area contributed by atoms with Crippen LogP contribution in [0.5, 0.6) is 0 Å². The van der Waals surface area contributed by atoms with Gasteiger partial charge in [0, 0.05) is 43.2 Å². The summed E-state index contributed by atoms with van der Waals surface area (Å²) in [6.07, 6.45) is 2.57. The molecule has 31 heavy (non-hydrogen) atoms. The number of carboxylic acid groups (broad SMARTS) is 1. The predicted octanol–water partition coefficient (Wildman–Crippen LogP) is 0.511. The Morgan fingerprint density at radius 3 is 2.71 bits per heavy atom. The Morgan fingerprint density at radius 2 is 2.03 bits per heavy atom. The maximum absolute atomic E-state index is 12.5. The number of rotatable bonds is 6. The van der Waals surface area contributed by atoms with Crippen LogP contribution in [-0.4, -0.2) is 84.4 Å². The minimum atomic E-state index is -0.250. The van der Waals surface area contributed by atoms with Crippen LogP contribution in [0.25, 0.3) is 0 Å². The Bertz CT molecular complexity index is 791. The second-order valence-corrected chi connectivity index (χ2v) is 8.07. The Morgan fingerprint density at radius 1 is 1.32 bits per heavy atom. The summed E-state index contributed by atoms with van der Waals surface area (Å²) < 4.78 is 0. The number of carbonyl (C=O) groups is 4. The van der Waals surface area contributed by atoms with Crippen LogP contribution in [0.1, 0.15) is 24.8 Å². The second kappa shape index (κ2) is 12.3. The van der Waals surface area contributed by atoms with Gasteiger partial charge in [0.15, 0.2) is 0 Å². The molecule has 0 aromatic heterocycles. The standard InChI is InChI=1S/C20H27ClN4O3.CH2O2/c1-24-16(11-20(28)25-8-7-22-19(27)13-25)5-6-17(24)12-23-18(26)10-14-3-2-4-15(21)9-14;2-1-3/h2-4,9,16-17H,5-8,10-13H2,1H3,(H,22,27)(H,23,26);1H,(H,2,3)/t16-,17+;/m1./s1. The van der Waals surface area contributed by atoms with Gasteiger partial charge in [-0.2, -0.15) is 0 Å². The van der Waals surface area contributed by atoms with E-state index in [1.54, 1.807) is 17.0 Å². The van der Waals surface area contributed by atoms with Crippen molar-refractivity contribution in [1.29, 1.82) is 0 Å². The highest BCUT2D eigenvalue weighted by Gasteiger charge is 2.33. The maximum Gasteiger partial charge on any atom is 0.290 e. The molecule has 2 heterocycles. The molecule has 1 aromatic carbocycles. The molecule has 0 aliphatic carbocycles. The zero-order valence-corrected chi connectivity index (χ0v) is 18.3. The molecule has 3 N–H and O–H groups in total. The first-order valence-corrected chi connectivity index (χ1v) is 10.6. The lowest BCUT2D eigenvalue weighted by molar-refractivity contribution is -0.139. The summed E-state index contributed by atoms with van der Waals surface area (Å²) in [5.74, 6) is -0.105. The topological polar surface area (TPSA) is 119 Å². The third kappa shape index (κ3) is 7.84. The van der Waals surface area contributed by atoms with Crippen molar-refractivity contribution in [1.82, 2.24) is 20.4 Å². The molecule has 0 radical (unpaired) electrons. The van der Waals surface area contributed by atoms with Crippen LogP contribution >= 0.6 is 11.6 Å². The van der Waals surface area contributed by atoms with Gasteiger partial charge in [-0.15, -0.1) is 0 Å². The minimum Gasteiger partial charge on any atom is -0.483 e. The summed E-state index contributed by atoms with van der Waals surface area (Å²) in [7, 11) is 2.00. The van der Waals surface area contributed by atoms with Crippen molar-refractivity contribution in [3.63, 3.8) is 0 Å². The fraction of sp³-hybridized carbons (Fsp3) is 0.524. The van der Waals surface area contributed by atoms with Gasteiger partial charge in [0.05, 0.1) is 13.0 Å². The molecule has 0 bridgehead atoms. The molecular weight excluding hydrogens is 424 g/mol. The van der Waals surface area contributed by atoms with Crippen LogP contribution in [-0.2, 0) is 25.6 Å². The van der Waals surface area contributed by atoms with Crippen LogP contribution in [0.3, 0.4) is 0 Å². The fourth-order valence-corrected chi connectivity index (χ4v) is 4.10. The molecule has 9 nitrogen and oxygen atoms in total. The molecule has 2 atom stereocenters. The van der Waals surface area contributed by atoms with E-state index in [1.165, 1.54) is 0 Å². The van der Waals surface area contributed by atoms with E-state index in [2.05, 4.69) is 15.5 Å². The highest BCUT2D eigenvalue weighted by molar-refractivity contribution is 6.30. The molecule has 10 heteroatoms. The van der Waals surface area contributed by atoms with E-state index >= 15 is 0 Å². The van der Waals surface area contributed by atoms with Gasteiger partial charge in [-0.25, -0.2) is 0 Å². The molecule has 2 aliphatic heterocycles. The summed E-state index contributed by atoms with van der Waals surface area (Å²) in [6, 6.07) is 7.66.